The van der Waals surface area contributed by atoms with E-state index in [0.29, 0.717) is 5.17 Å². The van der Waals surface area contributed by atoms with Crippen LogP contribution in [-0.2, 0) is 4.74 Å². The first-order chi connectivity index (χ1) is 5.11. The number of hydrogen-bond acceptors (Lipinski definition) is 3. The molecular formula is C6H11NOS3. The molecule has 0 saturated carbocycles. The molecule has 0 saturated heterocycles. The number of ether oxygens (including phenoxy) is 1. The second-order valence-electron chi connectivity index (χ2n) is 1.81. The lowest BCUT2D eigenvalue weighted by Gasteiger charge is -2.19. The van der Waals surface area contributed by atoms with E-state index < -0.39 is 0 Å². The van der Waals surface area contributed by atoms with E-state index >= 15 is 0 Å². The molecule has 0 unspecified atom stereocenters. The number of thiocarbonyl (C=S) groups is 2. The normalized spacial score (nSPS) is 9.00. The van der Waals surface area contributed by atoms with Crippen molar-refractivity contribution in [2.45, 2.75) is 13.8 Å². The Kier molecular flexibility index (Phi) is 5.81. The molecule has 0 aliphatic carbocycles. The third-order valence-corrected chi connectivity index (χ3v) is 1.71. The maximum Gasteiger partial charge on any atom is 0.266 e. The number of nitrogens with zero attached hydrogens (tertiary/aromatic N) is 1. The van der Waals surface area contributed by atoms with Crippen LogP contribution in [0.25, 0.3) is 0 Å². The van der Waals surface area contributed by atoms with E-state index in [1.54, 1.807) is 0 Å². The largest absolute Gasteiger partial charge is 0.414 e. The first-order valence-electron chi connectivity index (χ1n) is 3.31. The van der Waals surface area contributed by atoms with Gasteiger partial charge < -0.3 is 9.64 Å². The Labute approximate surface area is 83.3 Å². The smallest absolute Gasteiger partial charge is 0.266 e. The Bertz CT molecular complexity index is 156. The fourth-order valence-corrected chi connectivity index (χ4v) is 1.24. The van der Waals surface area contributed by atoms with Crippen LogP contribution in [0.4, 0.5) is 0 Å². The average Bonchev–Trinajstić information content (AvgIpc) is 1.88. The van der Waals surface area contributed by atoms with Crippen LogP contribution in [0.2, 0.25) is 0 Å². The molecule has 0 N–H and O–H groups in total. The van der Waals surface area contributed by atoms with Gasteiger partial charge in [0.1, 0.15) is 0 Å². The molecule has 0 radical (unpaired) electrons. The van der Waals surface area contributed by atoms with Crippen molar-refractivity contribution in [3.63, 3.8) is 0 Å². The molecule has 0 heterocycles. The van der Waals surface area contributed by atoms with Gasteiger partial charge in [0.05, 0.1) is 0 Å². The van der Waals surface area contributed by atoms with Gasteiger partial charge >= 0.3 is 0 Å². The van der Waals surface area contributed by atoms with Crippen LogP contribution in [0.15, 0.2) is 0 Å². The third-order valence-electron chi connectivity index (χ3n) is 1.20. The highest BCUT2D eigenvalue weighted by Crippen LogP contribution is 1.97. The summed E-state index contributed by atoms with van der Waals surface area (Å²) in [4.78, 5) is 1.89. The summed E-state index contributed by atoms with van der Waals surface area (Å²) in [5, 5.41) is 0.398. The molecule has 64 valence electrons. The van der Waals surface area contributed by atoms with Gasteiger partial charge in [0.25, 0.3) is 5.17 Å². The standard InChI is InChI=1S/C6H11NOS3/c1-3-7(4-2)5(9)8-6(10)11/h3-4H2,1-2H3,(H,10,11). The Balaban J connectivity index is 3.89. The summed E-state index contributed by atoms with van der Waals surface area (Å²) in [5.74, 6) is 0. The van der Waals surface area contributed by atoms with Gasteiger partial charge in [0, 0.05) is 13.1 Å². The maximum absolute atomic E-state index is 4.95. The molecule has 0 aromatic rings. The molecule has 11 heavy (non-hydrogen) atoms. The van der Waals surface area contributed by atoms with Crippen LogP contribution in [0.1, 0.15) is 13.8 Å². The third kappa shape index (κ3) is 4.55. The molecule has 0 aliphatic heterocycles. The fraction of sp³-hybridized carbons (Fsp3) is 0.667. The minimum absolute atomic E-state index is 0.168. The number of rotatable bonds is 2. The van der Waals surface area contributed by atoms with E-state index in [0.717, 1.165) is 13.1 Å². The van der Waals surface area contributed by atoms with Gasteiger partial charge in [0.15, 0.2) is 0 Å². The van der Waals surface area contributed by atoms with Crippen LogP contribution in [0, 0.1) is 0 Å². The van der Waals surface area contributed by atoms with Gasteiger partial charge in [-0.2, -0.15) is 0 Å². The highest BCUT2D eigenvalue weighted by molar-refractivity contribution is 8.10. The monoisotopic (exact) mass is 209 g/mol. The van der Waals surface area contributed by atoms with E-state index in [9.17, 15) is 0 Å². The summed E-state index contributed by atoms with van der Waals surface area (Å²) >= 11 is 13.3. The Morgan fingerprint density at radius 1 is 1.36 bits per heavy atom. The zero-order valence-corrected chi connectivity index (χ0v) is 9.06. The minimum atomic E-state index is 0.168. The molecule has 0 rings (SSSR count). The first kappa shape index (κ1) is 11.1. The second-order valence-corrected chi connectivity index (χ2v) is 3.23. The molecule has 2 nitrogen and oxygen atoms in total. The van der Waals surface area contributed by atoms with Gasteiger partial charge in [0.2, 0.25) is 4.38 Å². The molecule has 0 bridgehead atoms. The van der Waals surface area contributed by atoms with Crippen molar-refractivity contribution in [1.29, 1.82) is 0 Å². The van der Waals surface area contributed by atoms with Crippen molar-refractivity contribution in [2.24, 2.45) is 0 Å². The van der Waals surface area contributed by atoms with Crippen molar-refractivity contribution < 1.29 is 4.74 Å². The van der Waals surface area contributed by atoms with E-state index in [-0.39, 0.29) is 4.38 Å². The molecule has 0 aromatic heterocycles. The Morgan fingerprint density at radius 2 is 1.82 bits per heavy atom. The van der Waals surface area contributed by atoms with Gasteiger partial charge in [-0.25, -0.2) is 0 Å². The molecule has 0 amide bonds. The lowest BCUT2D eigenvalue weighted by Crippen LogP contribution is -2.31. The van der Waals surface area contributed by atoms with E-state index in [2.05, 4.69) is 24.8 Å². The quantitative estimate of drug-likeness (QED) is 0.550. The predicted octanol–water partition coefficient (Wildman–Crippen LogP) is 1.84. The van der Waals surface area contributed by atoms with Crippen molar-refractivity contribution in [3.05, 3.63) is 0 Å². The van der Waals surface area contributed by atoms with E-state index in [1.807, 2.05) is 18.7 Å². The van der Waals surface area contributed by atoms with Crippen molar-refractivity contribution >= 4 is 46.6 Å². The molecule has 0 aromatic carbocycles. The lowest BCUT2D eigenvalue weighted by atomic mass is 10.6. The van der Waals surface area contributed by atoms with Gasteiger partial charge in [-0.1, -0.05) is 12.6 Å². The molecule has 0 spiro atoms. The summed E-state index contributed by atoms with van der Waals surface area (Å²) in [6, 6.07) is 0. The highest BCUT2D eigenvalue weighted by Gasteiger charge is 2.06. The summed E-state index contributed by atoms with van der Waals surface area (Å²) in [7, 11) is 0. The summed E-state index contributed by atoms with van der Waals surface area (Å²) in [5.41, 5.74) is 0. The van der Waals surface area contributed by atoms with Crippen LogP contribution in [0.5, 0.6) is 0 Å². The molecular weight excluding hydrogens is 198 g/mol. The minimum Gasteiger partial charge on any atom is -0.414 e. The summed E-state index contributed by atoms with van der Waals surface area (Å²) in [6.45, 7) is 5.65. The van der Waals surface area contributed by atoms with Gasteiger partial charge in [-0.3, -0.25) is 0 Å². The van der Waals surface area contributed by atoms with Crippen LogP contribution in [0.3, 0.4) is 0 Å². The SMILES string of the molecule is CCN(CC)C(=S)OC(=S)S. The predicted molar refractivity (Wildman–Crippen MR) is 58.2 cm³/mol. The topological polar surface area (TPSA) is 12.5 Å². The zero-order valence-electron chi connectivity index (χ0n) is 6.53. The van der Waals surface area contributed by atoms with Crippen molar-refractivity contribution in [3.8, 4) is 0 Å². The average molecular weight is 209 g/mol. The Hall–Kier alpha value is 0.130. The van der Waals surface area contributed by atoms with Crippen LogP contribution >= 0.6 is 37.1 Å². The fourth-order valence-electron chi connectivity index (χ4n) is 0.621. The number of thiol groups is 1. The van der Waals surface area contributed by atoms with E-state index in [4.69, 9.17) is 17.0 Å². The van der Waals surface area contributed by atoms with Gasteiger partial charge in [-0.05, 0) is 38.3 Å². The summed E-state index contributed by atoms with van der Waals surface area (Å²) in [6.07, 6.45) is 0. The van der Waals surface area contributed by atoms with E-state index in [1.165, 1.54) is 0 Å². The van der Waals surface area contributed by atoms with Crippen LogP contribution < -0.4 is 0 Å². The molecule has 0 atom stereocenters. The molecule has 0 fully saturated rings. The van der Waals surface area contributed by atoms with Crippen molar-refractivity contribution in [2.75, 3.05) is 13.1 Å². The summed E-state index contributed by atoms with van der Waals surface area (Å²) < 4.78 is 5.12. The molecule has 0 aliphatic rings. The highest BCUT2D eigenvalue weighted by atomic mass is 32.1. The lowest BCUT2D eigenvalue weighted by molar-refractivity contribution is 0.382. The van der Waals surface area contributed by atoms with Crippen LogP contribution in [-0.4, -0.2) is 27.5 Å². The van der Waals surface area contributed by atoms with Crippen molar-refractivity contribution in [1.82, 2.24) is 4.90 Å². The Morgan fingerprint density at radius 3 is 2.09 bits per heavy atom. The molecule has 5 heteroatoms. The maximum atomic E-state index is 4.95. The van der Waals surface area contributed by atoms with Gasteiger partial charge in [-0.15, -0.1) is 0 Å². The first-order valence-corrected chi connectivity index (χ1v) is 4.57. The number of hydrogen-bond donors (Lipinski definition) is 1. The zero-order chi connectivity index (χ0) is 8.85. The second kappa shape index (κ2) is 5.74.